The molecule has 1 aliphatic heterocycles. The lowest BCUT2D eigenvalue weighted by molar-refractivity contribution is 0.160. The summed E-state index contributed by atoms with van der Waals surface area (Å²) < 4.78 is 0. The largest absolute Gasteiger partial charge is 0.370 e. The molecule has 1 fully saturated rings. The maximum Gasteiger partial charge on any atom is 0.0399 e. The third-order valence-corrected chi connectivity index (χ3v) is 5.13. The average Bonchev–Trinajstić information content (AvgIpc) is 2.82. The topological polar surface area (TPSA) is 29.3 Å². The van der Waals surface area contributed by atoms with E-state index in [0.717, 1.165) is 19.0 Å². The maximum atomic E-state index is 6.17. The Balaban J connectivity index is 1.77. The molecule has 1 aromatic carbocycles. The number of nitrogens with zero attached hydrogens (tertiary/aromatic N) is 1. The fraction of sp³-hybridized carbons (Fsp3) is 0.647. The van der Waals surface area contributed by atoms with Crippen LogP contribution in [0.25, 0.3) is 0 Å². The van der Waals surface area contributed by atoms with Crippen molar-refractivity contribution in [3.8, 4) is 0 Å². The van der Waals surface area contributed by atoms with Gasteiger partial charge >= 0.3 is 0 Å². The van der Waals surface area contributed by atoms with E-state index in [1.54, 1.807) is 0 Å². The summed E-state index contributed by atoms with van der Waals surface area (Å²) in [6, 6.07) is 8.87. The summed E-state index contributed by atoms with van der Waals surface area (Å²) in [7, 11) is 0. The van der Waals surface area contributed by atoms with Gasteiger partial charge in [0, 0.05) is 24.2 Å². The number of hydrogen-bond donors (Lipinski definition) is 1. The fourth-order valence-electron chi connectivity index (χ4n) is 4.14. The highest BCUT2D eigenvalue weighted by molar-refractivity contribution is 5.58. The van der Waals surface area contributed by atoms with Crippen LogP contribution in [0.15, 0.2) is 24.3 Å². The molecule has 104 valence electrons. The van der Waals surface area contributed by atoms with Gasteiger partial charge in [-0.15, -0.1) is 0 Å². The van der Waals surface area contributed by atoms with Gasteiger partial charge in [0.1, 0.15) is 0 Å². The lowest BCUT2D eigenvalue weighted by Crippen LogP contribution is -2.45. The van der Waals surface area contributed by atoms with Crippen LogP contribution in [0.1, 0.15) is 38.2 Å². The van der Waals surface area contributed by atoms with Crippen LogP contribution in [0.3, 0.4) is 0 Å². The Morgan fingerprint density at radius 1 is 1.37 bits per heavy atom. The minimum Gasteiger partial charge on any atom is -0.370 e. The Labute approximate surface area is 117 Å². The number of hydrogen-bond acceptors (Lipinski definition) is 2. The Hall–Kier alpha value is -1.02. The Morgan fingerprint density at radius 2 is 2.21 bits per heavy atom. The maximum absolute atomic E-state index is 6.17. The second-order valence-corrected chi connectivity index (χ2v) is 6.71. The highest BCUT2D eigenvalue weighted by Gasteiger charge is 2.36. The highest BCUT2D eigenvalue weighted by atomic mass is 15.2. The third-order valence-electron chi connectivity index (χ3n) is 5.13. The molecule has 0 spiro atoms. The smallest absolute Gasteiger partial charge is 0.0399 e. The lowest BCUT2D eigenvalue weighted by atomic mass is 9.69. The zero-order valence-corrected chi connectivity index (χ0v) is 12.1. The van der Waals surface area contributed by atoms with Crippen LogP contribution in [0.5, 0.6) is 0 Å². The number of rotatable bonds is 3. The molecule has 3 rings (SSSR count). The monoisotopic (exact) mass is 258 g/mol. The van der Waals surface area contributed by atoms with Gasteiger partial charge in [0.2, 0.25) is 0 Å². The van der Waals surface area contributed by atoms with Gasteiger partial charge in [0.25, 0.3) is 0 Å². The van der Waals surface area contributed by atoms with Gasteiger partial charge in [-0.2, -0.15) is 0 Å². The van der Waals surface area contributed by atoms with Crippen LogP contribution in [0.4, 0.5) is 5.69 Å². The molecule has 0 bridgehead atoms. The normalized spacial score (nSPS) is 30.4. The van der Waals surface area contributed by atoms with Gasteiger partial charge in [-0.05, 0) is 43.4 Å². The van der Waals surface area contributed by atoms with E-state index >= 15 is 0 Å². The number of fused-ring (bicyclic) bond motifs is 1. The lowest BCUT2D eigenvalue weighted by Gasteiger charge is -2.42. The van der Waals surface area contributed by atoms with E-state index in [9.17, 15) is 0 Å². The van der Waals surface area contributed by atoms with Gasteiger partial charge in [0.15, 0.2) is 0 Å². The SMILES string of the molecule is CC1CCCC(CN)(CN2CCc3ccccc32)C1. The van der Waals surface area contributed by atoms with Crippen molar-refractivity contribution in [2.45, 2.75) is 39.0 Å². The van der Waals surface area contributed by atoms with Gasteiger partial charge in [-0.1, -0.05) is 38.0 Å². The standard InChI is InChI=1S/C17H26N2/c1-14-5-4-9-17(11-14,12-18)13-19-10-8-15-6-2-3-7-16(15)19/h2-3,6-7,14H,4-5,8-13,18H2,1H3. The molecule has 2 unspecified atom stereocenters. The molecule has 2 N–H and O–H groups in total. The molecule has 2 nitrogen and oxygen atoms in total. The van der Waals surface area contributed by atoms with E-state index in [-0.39, 0.29) is 0 Å². The van der Waals surface area contributed by atoms with E-state index in [1.807, 2.05) is 0 Å². The van der Waals surface area contributed by atoms with E-state index in [2.05, 4.69) is 36.1 Å². The molecule has 0 radical (unpaired) electrons. The molecule has 1 aliphatic carbocycles. The van der Waals surface area contributed by atoms with Crippen molar-refractivity contribution in [2.24, 2.45) is 17.1 Å². The van der Waals surface area contributed by atoms with Crippen LogP contribution in [0.2, 0.25) is 0 Å². The van der Waals surface area contributed by atoms with Crippen molar-refractivity contribution in [3.05, 3.63) is 29.8 Å². The zero-order chi connectivity index (χ0) is 13.3. The van der Waals surface area contributed by atoms with E-state index in [4.69, 9.17) is 5.73 Å². The van der Waals surface area contributed by atoms with Gasteiger partial charge in [0.05, 0.1) is 0 Å². The predicted molar refractivity (Wildman–Crippen MR) is 81.5 cm³/mol. The summed E-state index contributed by atoms with van der Waals surface area (Å²) in [5, 5.41) is 0. The molecular weight excluding hydrogens is 232 g/mol. The van der Waals surface area contributed by atoms with Crippen molar-refractivity contribution >= 4 is 5.69 Å². The van der Waals surface area contributed by atoms with Gasteiger partial charge in [-0.3, -0.25) is 0 Å². The van der Waals surface area contributed by atoms with Crippen LogP contribution in [0, 0.1) is 11.3 Å². The summed E-state index contributed by atoms with van der Waals surface area (Å²) in [5.74, 6) is 0.843. The molecule has 0 saturated heterocycles. The molecule has 1 saturated carbocycles. The minimum absolute atomic E-state index is 0.356. The molecule has 0 amide bonds. The first kappa shape index (κ1) is 13.0. The number of benzene rings is 1. The molecule has 1 aromatic rings. The molecular formula is C17H26N2. The Morgan fingerprint density at radius 3 is 3.00 bits per heavy atom. The first-order valence-electron chi connectivity index (χ1n) is 7.75. The van der Waals surface area contributed by atoms with E-state index in [1.165, 1.54) is 49.9 Å². The second kappa shape index (κ2) is 5.16. The van der Waals surface area contributed by atoms with Crippen molar-refractivity contribution in [1.82, 2.24) is 0 Å². The molecule has 19 heavy (non-hydrogen) atoms. The molecule has 0 aromatic heterocycles. The average molecular weight is 258 g/mol. The summed E-state index contributed by atoms with van der Waals surface area (Å²) >= 11 is 0. The minimum atomic E-state index is 0.356. The first-order chi connectivity index (χ1) is 9.22. The van der Waals surface area contributed by atoms with E-state index < -0.39 is 0 Å². The Bertz CT molecular complexity index is 443. The Kier molecular flexibility index (Phi) is 3.53. The molecule has 2 atom stereocenters. The molecule has 1 heterocycles. The summed E-state index contributed by atoms with van der Waals surface area (Å²) in [5.41, 5.74) is 9.49. The predicted octanol–water partition coefficient (Wildman–Crippen LogP) is 3.20. The van der Waals surface area contributed by atoms with Gasteiger partial charge in [-0.25, -0.2) is 0 Å². The quantitative estimate of drug-likeness (QED) is 0.902. The summed E-state index contributed by atoms with van der Waals surface area (Å²) in [6.07, 6.45) is 6.56. The van der Waals surface area contributed by atoms with Gasteiger partial charge < -0.3 is 10.6 Å². The number of para-hydroxylation sites is 1. The number of nitrogens with two attached hydrogens (primary N) is 1. The fourth-order valence-corrected chi connectivity index (χ4v) is 4.14. The van der Waals surface area contributed by atoms with Crippen LogP contribution in [-0.2, 0) is 6.42 Å². The second-order valence-electron chi connectivity index (χ2n) is 6.71. The molecule has 2 heteroatoms. The summed E-state index contributed by atoms with van der Waals surface area (Å²) in [6.45, 7) is 5.57. The van der Waals surface area contributed by atoms with Crippen molar-refractivity contribution in [2.75, 3.05) is 24.5 Å². The van der Waals surface area contributed by atoms with E-state index in [0.29, 0.717) is 5.41 Å². The first-order valence-corrected chi connectivity index (χ1v) is 7.75. The van der Waals surface area contributed by atoms with Crippen LogP contribution in [-0.4, -0.2) is 19.6 Å². The van der Waals surface area contributed by atoms with Crippen molar-refractivity contribution < 1.29 is 0 Å². The third kappa shape index (κ3) is 2.51. The molecule has 2 aliphatic rings. The highest BCUT2D eigenvalue weighted by Crippen LogP contribution is 2.41. The van der Waals surface area contributed by atoms with Crippen molar-refractivity contribution in [3.63, 3.8) is 0 Å². The van der Waals surface area contributed by atoms with Crippen LogP contribution < -0.4 is 10.6 Å². The summed E-state index contributed by atoms with van der Waals surface area (Å²) in [4.78, 5) is 2.58. The van der Waals surface area contributed by atoms with Crippen LogP contribution >= 0.6 is 0 Å². The van der Waals surface area contributed by atoms with Crippen molar-refractivity contribution in [1.29, 1.82) is 0 Å². The number of anilines is 1. The zero-order valence-electron chi connectivity index (χ0n) is 12.1.